The van der Waals surface area contributed by atoms with Gasteiger partial charge in [-0.3, -0.25) is 4.79 Å². The minimum atomic E-state index is -0.0668. The molecule has 2 atom stereocenters. The minimum absolute atomic E-state index is 0.0668. The molecular weight excluding hydrogens is 250 g/mol. The SMILES string of the molecule is Cc1nc(N)sc1C(=O)NC1CCOC1C1CC1. The zero-order chi connectivity index (χ0) is 12.7. The number of hydrogen-bond acceptors (Lipinski definition) is 5. The number of aryl methyl sites for hydroxylation is 1. The molecule has 1 aliphatic carbocycles. The van der Waals surface area contributed by atoms with Crippen LogP contribution < -0.4 is 11.1 Å². The van der Waals surface area contributed by atoms with Gasteiger partial charge in [-0.2, -0.15) is 0 Å². The lowest BCUT2D eigenvalue weighted by molar-refractivity contribution is 0.0731. The molecule has 2 unspecified atom stereocenters. The summed E-state index contributed by atoms with van der Waals surface area (Å²) in [5.41, 5.74) is 6.32. The van der Waals surface area contributed by atoms with Crippen molar-refractivity contribution < 1.29 is 9.53 Å². The summed E-state index contributed by atoms with van der Waals surface area (Å²) in [6.45, 7) is 2.56. The first kappa shape index (κ1) is 11.9. The Morgan fingerprint density at radius 1 is 1.50 bits per heavy atom. The molecule has 1 aromatic rings. The zero-order valence-electron chi connectivity index (χ0n) is 10.3. The fourth-order valence-corrected chi connectivity index (χ4v) is 3.25. The van der Waals surface area contributed by atoms with Crippen LogP contribution in [0.4, 0.5) is 5.13 Å². The van der Waals surface area contributed by atoms with E-state index in [-0.39, 0.29) is 18.1 Å². The van der Waals surface area contributed by atoms with E-state index in [0.717, 1.165) is 13.0 Å². The normalized spacial score (nSPS) is 27.4. The van der Waals surface area contributed by atoms with Crippen LogP contribution in [0.1, 0.15) is 34.6 Å². The van der Waals surface area contributed by atoms with E-state index in [1.807, 2.05) is 6.92 Å². The standard InChI is InChI=1S/C12H17N3O2S/c1-6-10(18-12(13)14-6)11(16)15-8-4-5-17-9(8)7-2-3-7/h7-9H,2-5H2,1H3,(H2,13,14)(H,15,16). The minimum Gasteiger partial charge on any atom is -0.376 e. The number of carbonyl (C=O) groups is 1. The number of ether oxygens (including phenoxy) is 1. The highest BCUT2D eigenvalue weighted by molar-refractivity contribution is 7.17. The van der Waals surface area contributed by atoms with Crippen LogP contribution in [-0.2, 0) is 4.74 Å². The van der Waals surface area contributed by atoms with Crippen molar-refractivity contribution in [1.29, 1.82) is 0 Å². The summed E-state index contributed by atoms with van der Waals surface area (Å²) >= 11 is 1.24. The molecule has 1 aromatic heterocycles. The number of rotatable bonds is 3. The van der Waals surface area contributed by atoms with Gasteiger partial charge in [0.2, 0.25) is 0 Å². The number of nitrogens with zero attached hydrogens (tertiary/aromatic N) is 1. The van der Waals surface area contributed by atoms with Gasteiger partial charge in [0, 0.05) is 6.61 Å². The molecule has 2 fully saturated rings. The van der Waals surface area contributed by atoms with Crippen molar-refractivity contribution in [1.82, 2.24) is 10.3 Å². The molecule has 1 saturated heterocycles. The molecule has 5 nitrogen and oxygen atoms in total. The lowest BCUT2D eigenvalue weighted by Gasteiger charge is -2.19. The van der Waals surface area contributed by atoms with Crippen molar-refractivity contribution in [2.24, 2.45) is 5.92 Å². The molecule has 3 rings (SSSR count). The van der Waals surface area contributed by atoms with Gasteiger partial charge < -0.3 is 15.8 Å². The Bertz CT molecular complexity index is 470. The third-order valence-electron chi connectivity index (χ3n) is 3.56. The average Bonchev–Trinajstić information content (AvgIpc) is 2.97. The van der Waals surface area contributed by atoms with Crippen LogP contribution in [0.2, 0.25) is 0 Å². The number of nitrogens with two attached hydrogens (primary N) is 1. The van der Waals surface area contributed by atoms with E-state index in [1.165, 1.54) is 24.2 Å². The quantitative estimate of drug-likeness (QED) is 0.866. The van der Waals surface area contributed by atoms with Gasteiger partial charge in [-0.15, -0.1) is 0 Å². The summed E-state index contributed by atoms with van der Waals surface area (Å²) in [5.74, 6) is 0.577. The third kappa shape index (κ3) is 2.22. The summed E-state index contributed by atoms with van der Waals surface area (Å²) in [5, 5.41) is 3.52. The lowest BCUT2D eigenvalue weighted by Crippen LogP contribution is -2.41. The molecule has 0 radical (unpaired) electrons. The summed E-state index contributed by atoms with van der Waals surface area (Å²) < 4.78 is 5.71. The molecule has 6 heteroatoms. The first-order valence-electron chi connectivity index (χ1n) is 6.30. The van der Waals surface area contributed by atoms with Crippen LogP contribution in [0.15, 0.2) is 0 Å². The van der Waals surface area contributed by atoms with Crippen LogP contribution >= 0.6 is 11.3 Å². The van der Waals surface area contributed by atoms with Crippen molar-refractivity contribution in [3.63, 3.8) is 0 Å². The number of amides is 1. The van der Waals surface area contributed by atoms with Gasteiger partial charge in [-0.05, 0) is 32.1 Å². The molecule has 1 amide bonds. The topological polar surface area (TPSA) is 77.2 Å². The molecule has 1 saturated carbocycles. The third-order valence-corrected chi connectivity index (χ3v) is 4.54. The van der Waals surface area contributed by atoms with Gasteiger partial charge in [0.1, 0.15) is 4.88 Å². The maximum Gasteiger partial charge on any atom is 0.263 e. The molecular formula is C12H17N3O2S. The fraction of sp³-hybridized carbons (Fsp3) is 0.667. The van der Waals surface area contributed by atoms with Crippen LogP contribution in [0.3, 0.4) is 0 Å². The summed E-state index contributed by atoms with van der Waals surface area (Å²) in [6.07, 6.45) is 3.56. The van der Waals surface area contributed by atoms with Gasteiger partial charge >= 0.3 is 0 Å². The van der Waals surface area contributed by atoms with Crippen molar-refractivity contribution in [2.75, 3.05) is 12.3 Å². The van der Waals surface area contributed by atoms with Gasteiger partial charge in [-0.25, -0.2) is 4.98 Å². The predicted octanol–water partition coefficient (Wildman–Crippen LogP) is 1.33. The van der Waals surface area contributed by atoms with Crippen LogP contribution in [-0.4, -0.2) is 29.6 Å². The van der Waals surface area contributed by atoms with E-state index in [2.05, 4.69) is 10.3 Å². The smallest absolute Gasteiger partial charge is 0.263 e. The first-order valence-corrected chi connectivity index (χ1v) is 7.12. The largest absolute Gasteiger partial charge is 0.376 e. The molecule has 0 aromatic carbocycles. The van der Waals surface area contributed by atoms with Crippen LogP contribution in [0.5, 0.6) is 0 Å². The van der Waals surface area contributed by atoms with Gasteiger partial charge in [0.05, 0.1) is 17.8 Å². The average molecular weight is 267 g/mol. The van der Waals surface area contributed by atoms with E-state index >= 15 is 0 Å². The Hall–Kier alpha value is -1.14. The lowest BCUT2D eigenvalue weighted by atomic mass is 10.1. The number of aromatic nitrogens is 1. The molecule has 3 N–H and O–H groups in total. The van der Waals surface area contributed by atoms with Crippen molar-refractivity contribution >= 4 is 22.4 Å². The number of thiazole rings is 1. The van der Waals surface area contributed by atoms with E-state index in [0.29, 0.717) is 21.6 Å². The van der Waals surface area contributed by atoms with Crippen molar-refractivity contribution in [3.8, 4) is 0 Å². The molecule has 0 bridgehead atoms. The highest BCUT2D eigenvalue weighted by Gasteiger charge is 2.41. The summed E-state index contributed by atoms with van der Waals surface area (Å²) in [4.78, 5) is 16.9. The number of nitrogen functional groups attached to an aromatic ring is 1. The van der Waals surface area contributed by atoms with Crippen LogP contribution in [0, 0.1) is 12.8 Å². The number of hydrogen-bond donors (Lipinski definition) is 2. The van der Waals surface area contributed by atoms with E-state index in [9.17, 15) is 4.79 Å². The monoisotopic (exact) mass is 267 g/mol. The Balaban J connectivity index is 1.68. The summed E-state index contributed by atoms with van der Waals surface area (Å²) in [7, 11) is 0. The van der Waals surface area contributed by atoms with E-state index in [1.54, 1.807) is 0 Å². The first-order chi connectivity index (χ1) is 8.65. The summed E-state index contributed by atoms with van der Waals surface area (Å²) in [6, 6.07) is 0.146. The van der Waals surface area contributed by atoms with Gasteiger partial charge in [0.25, 0.3) is 5.91 Å². The Labute approximate surface area is 110 Å². The van der Waals surface area contributed by atoms with Crippen molar-refractivity contribution in [3.05, 3.63) is 10.6 Å². The van der Waals surface area contributed by atoms with E-state index < -0.39 is 0 Å². The second-order valence-corrected chi connectivity index (χ2v) is 6.04. The maximum absolute atomic E-state index is 12.2. The van der Waals surface area contributed by atoms with Crippen molar-refractivity contribution in [2.45, 2.75) is 38.3 Å². The molecule has 0 spiro atoms. The fourth-order valence-electron chi connectivity index (χ4n) is 2.52. The second-order valence-electron chi connectivity index (χ2n) is 5.01. The highest BCUT2D eigenvalue weighted by Crippen LogP contribution is 2.38. The molecule has 2 aliphatic rings. The zero-order valence-corrected chi connectivity index (χ0v) is 11.1. The van der Waals surface area contributed by atoms with Gasteiger partial charge in [-0.1, -0.05) is 11.3 Å². The Morgan fingerprint density at radius 3 is 2.89 bits per heavy atom. The maximum atomic E-state index is 12.2. The molecule has 1 aliphatic heterocycles. The highest BCUT2D eigenvalue weighted by atomic mass is 32.1. The van der Waals surface area contributed by atoms with E-state index in [4.69, 9.17) is 10.5 Å². The van der Waals surface area contributed by atoms with Gasteiger partial charge in [0.15, 0.2) is 5.13 Å². The number of carbonyl (C=O) groups excluding carboxylic acids is 1. The number of anilines is 1. The molecule has 98 valence electrons. The molecule has 2 heterocycles. The Morgan fingerprint density at radius 2 is 2.28 bits per heavy atom. The molecule has 18 heavy (non-hydrogen) atoms. The predicted molar refractivity (Wildman–Crippen MR) is 69.6 cm³/mol. The second kappa shape index (κ2) is 4.51. The Kier molecular flexibility index (Phi) is 2.99. The van der Waals surface area contributed by atoms with Crippen LogP contribution in [0.25, 0.3) is 0 Å². The number of nitrogens with one attached hydrogen (secondary N) is 1.